The van der Waals surface area contributed by atoms with Gasteiger partial charge in [0.05, 0.1) is 4.90 Å². The molecule has 0 spiro atoms. The maximum absolute atomic E-state index is 10.9. The summed E-state index contributed by atoms with van der Waals surface area (Å²) in [6.45, 7) is 1.90. The molecule has 0 aliphatic rings. The summed E-state index contributed by atoms with van der Waals surface area (Å²) < 4.78 is 21.8. The van der Waals surface area contributed by atoms with Gasteiger partial charge in [0, 0.05) is 6.04 Å². The number of sulfonamides is 1. The monoisotopic (exact) mass is 214 g/mol. The van der Waals surface area contributed by atoms with Crippen molar-refractivity contribution in [2.75, 3.05) is 0 Å². The summed E-state index contributed by atoms with van der Waals surface area (Å²) in [5.74, 6) is 0. The van der Waals surface area contributed by atoms with Crippen LogP contribution in [0.3, 0.4) is 0 Å². The van der Waals surface area contributed by atoms with Crippen LogP contribution in [-0.2, 0) is 16.4 Å². The lowest BCUT2D eigenvalue weighted by atomic mass is 10.1. The molecule has 0 aliphatic heterocycles. The summed E-state index contributed by atoms with van der Waals surface area (Å²) in [4.78, 5) is 0.130. The lowest BCUT2D eigenvalue weighted by molar-refractivity contribution is 0.597. The number of hydrogen-bond acceptors (Lipinski definition) is 3. The largest absolute Gasteiger partial charge is 0.328 e. The number of benzene rings is 1. The maximum atomic E-state index is 10.9. The van der Waals surface area contributed by atoms with Gasteiger partial charge in [-0.15, -0.1) is 0 Å². The molecule has 0 saturated carbocycles. The van der Waals surface area contributed by atoms with Gasteiger partial charge in [0.1, 0.15) is 0 Å². The third kappa shape index (κ3) is 3.10. The van der Waals surface area contributed by atoms with Gasteiger partial charge in [0.2, 0.25) is 10.0 Å². The van der Waals surface area contributed by atoms with E-state index in [1.54, 1.807) is 12.1 Å². The van der Waals surface area contributed by atoms with E-state index in [9.17, 15) is 8.42 Å². The lowest BCUT2D eigenvalue weighted by Gasteiger charge is -2.05. The Kier molecular flexibility index (Phi) is 3.25. The highest BCUT2D eigenvalue weighted by molar-refractivity contribution is 7.89. The summed E-state index contributed by atoms with van der Waals surface area (Å²) >= 11 is 0. The van der Waals surface area contributed by atoms with E-state index in [0.29, 0.717) is 0 Å². The normalized spacial score (nSPS) is 13.9. The van der Waals surface area contributed by atoms with Crippen LogP contribution in [-0.4, -0.2) is 14.5 Å². The Morgan fingerprint density at radius 3 is 2.14 bits per heavy atom. The van der Waals surface area contributed by atoms with Crippen molar-refractivity contribution in [3.8, 4) is 0 Å². The molecule has 0 fully saturated rings. The Bertz CT molecular complexity index is 395. The standard InChI is InChI=1S/C9H14N2O2S/c1-7(10)6-8-2-4-9(5-3-8)14(11,12)13/h2-5,7H,6,10H2,1H3,(H2,11,12,13)/t7-/m1/s1. The molecule has 0 bridgehead atoms. The molecule has 5 heteroatoms. The van der Waals surface area contributed by atoms with Crippen LogP contribution in [0.4, 0.5) is 0 Å². The molecule has 78 valence electrons. The van der Waals surface area contributed by atoms with Gasteiger partial charge in [-0.05, 0) is 31.0 Å². The van der Waals surface area contributed by atoms with Gasteiger partial charge < -0.3 is 5.73 Å². The molecule has 0 heterocycles. The summed E-state index contributed by atoms with van der Waals surface area (Å²) in [6.07, 6.45) is 0.727. The zero-order valence-corrected chi connectivity index (χ0v) is 8.79. The lowest BCUT2D eigenvalue weighted by Crippen LogP contribution is -2.18. The van der Waals surface area contributed by atoms with Crippen molar-refractivity contribution in [2.24, 2.45) is 10.9 Å². The Hall–Kier alpha value is -0.910. The summed E-state index contributed by atoms with van der Waals surface area (Å²) in [5, 5.41) is 4.96. The van der Waals surface area contributed by atoms with Crippen LogP contribution in [0.15, 0.2) is 29.2 Å². The fraction of sp³-hybridized carbons (Fsp3) is 0.333. The Morgan fingerprint density at radius 2 is 1.79 bits per heavy atom. The molecule has 0 aromatic heterocycles. The van der Waals surface area contributed by atoms with E-state index in [0.717, 1.165) is 12.0 Å². The molecule has 0 aliphatic carbocycles. The minimum absolute atomic E-state index is 0.0651. The van der Waals surface area contributed by atoms with Crippen LogP contribution in [0.5, 0.6) is 0 Å². The molecule has 1 rings (SSSR count). The molecule has 1 aromatic carbocycles. The highest BCUT2D eigenvalue weighted by Crippen LogP contribution is 2.09. The van der Waals surface area contributed by atoms with Crippen molar-refractivity contribution in [2.45, 2.75) is 24.3 Å². The van der Waals surface area contributed by atoms with Gasteiger partial charge in [0.25, 0.3) is 0 Å². The molecule has 0 radical (unpaired) electrons. The predicted molar refractivity (Wildman–Crippen MR) is 55.2 cm³/mol. The fourth-order valence-electron chi connectivity index (χ4n) is 1.19. The van der Waals surface area contributed by atoms with Gasteiger partial charge >= 0.3 is 0 Å². The van der Waals surface area contributed by atoms with Crippen LogP contribution in [0.25, 0.3) is 0 Å². The molecule has 0 saturated heterocycles. The second kappa shape index (κ2) is 4.08. The van der Waals surface area contributed by atoms with Crippen molar-refractivity contribution in [1.82, 2.24) is 0 Å². The van der Waals surface area contributed by atoms with Crippen LogP contribution in [0, 0.1) is 0 Å². The predicted octanol–water partition coefficient (Wildman–Crippen LogP) is 0.224. The minimum Gasteiger partial charge on any atom is -0.328 e. The van der Waals surface area contributed by atoms with Crippen LogP contribution < -0.4 is 10.9 Å². The number of primary sulfonamides is 1. The molecule has 0 unspecified atom stereocenters. The molecule has 14 heavy (non-hydrogen) atoms. The average molecular weight is 214 g/mol. The van der Waals surface area contributed by atoms with Crippen molar-refractivity contribution in [1.29, 1.82) is 0 Å². The molecular formula is C9H14N2O2S. The van der Waals surface area contributed by atoms with Crippen molar-refractivity contribution >= 4 is 10.0 Å². The van der Waals surface area contributed by atoms with Gasteiger partial charge in [-0.1, -0.05) is 12.1 Å². The van der Waals surface area contributed by atoms with Gasteiger partial charge in [0.15, 0.2) is 0 Å². The average Bonchev–Trinajstić information content (AvgIpc) is 2.02. The van der Waals surface area contributed by atoms with E-state index in [1.807, 2.05) is 6.92 Å². The number of hydrogen-bond donors (Lipinski definition) is 2. The first-order chi connectivity index (χ1) is 6.39. The fourth-order valence-corrected chi connectivity index (χ4v) is 1.70. The molecule has 4 nitrogen and oxygen atoms in total. The number of rotatable bonds is 3. The first kappa shape index (κ1) is 11.2. The van der Waals surface area contributed by atoms with Gasteiger partial charge in [-0.25, -0.2) is 13.6 Å². The van der Waals surface area contributed by atoms with Crippen LogP contribution in [0.2, 0.25) is 0 Å². The van der Waals surface area contributed by atoms with Crippen LogP contribution >= 0.6 is 0 Å². The summed E-state index contributed by atoms with van der Waals surface area (Å²) in [5.41, 5.74) is 6.61. The highest BCUT2D eigenvalue weighted by atomic mass is 32.2. The van der Waals surface area contributed by atoms with E-state index in [4.69, 9.17) is 10.9 Å². The first-order valence-electron chi connectivity index (χ1n) is 4.27. The van der Waals surface area contributed by atoms with E-state index in [1.165, 1.54) is 12.1 Å². The van der Waals surface area contributed by atoms with Crippen molar-refractivity contribution in [3.63, 3.8) is 0 Å². The number of nitrogens with two attached hydrogens (primary N) is 2. The molecule has 1 atom stereocenters. The highest BCUT2D eigenvalue weighted by Gasteiger charge is 2.06. The van der Waals surface area contributed by atoms with E-state index in [-0.39, 0.29) is 10.9 Å². The summed E-state index contributed by atoms with van der Waals surface area (Å²) in [7, 11) is -3.58. The zero-order valence-electron chi connectivity index (χ0n) is 7.97. The Balaban J connectivity index is 2.90. The van der Waals surface area contributed by atoms with Gasteiger partial charge in [-0.3, -0.25) is 0 Å². The first-order valence-corrected chi connectivity index (χ1v) is 5.81. The smallest absolute Gasteiger partial charge is 0.238 e. The Morgan fingerprint density at radius 1 is 1.29 bits per heavy atom. The maximum Gasteiger partial charge on any atom is 0.238 e. The quantitative estimate of drug-likeness (QED) is 0.754. The third-order valence-corrected chi connectivity index (χ3v) is 2.74. The topological polar surface area (TPSA) is 86.2 Å². The second-order valence-electron chi connectivity index (χ2n) is 3.37. The van der Waals surface area contributed by atoms with E-state index >= 15 is 0 Å². The molecule has 1 aromatic rings. The van der Waals surface area contributed by atoms with Crippen LogP contribution in [0.1, 0.15) is 12.5 Å². The molecular weight excluding hydrogens is 200 g/mol. The zero-order chi connectivity index (χ0) is 10.8. The van der Waals surface area contributed by atoms with Gasteiger partial charge in [-0.2, -0.15) is 0 Å². The minimum atomic E-state index is -3.58. The molecule has 4 N–H and O–H groups in total. The summed E-state index contributed by atoms with van der Waals surface area (Å²) in [6, 6.07) is 6.50. The van der Waals surface area contributed by atoms with E-state index < -0.39 is 10.0 Å². The Labute approximate surface area is 84.0 Å². The van der Waals surface area contributed by atoms with Crippen molar-refractivity contribution in [3.05, 3.63) is 29.8 Å². The van der Waals surface area contributed by atoms with Crippen molar-refractivity contribution < 1.29 is 8.42 Å². The second-order valence-corrected chi connectivity index (χ2v) is 4.93. The third-order valence-electron chi connectivity index (χ3n) is 1.81. The van der Waals surface area contributed by atoms with E-state index in [2.05, 4.69) is 0 Å². The SMILES string of the molecule is C[C@@H](N)Cc1ccc(S(N)(=O)=O)cc1. The molecule has 0 amide bonds.